The zero-order chi connectivity index (χ0) is 19.0. The Morgan fingerprint density at radius 3 is 2.96 bits per heavy atom. The van der Waals surface area contributed by atoms with E-state index in [1.165, 1.54) is 40.8 Å². The molecule has 3 heterocycles. The van der Waals surface area contributed by atoms with E-state index in [0.29, 0.717) is 17.5 Å². The van der Waals surface area contributed by atoms with E-state index >= 15 is 0 Å². The summed E-state index contributed by atoms with van der Waals surface area (Å²) in [5, 5.41) is 13.8. The van der Waals surface area contributed by atoms with Gasteiger partial charge in [0.1, 0.15) is 15.5 Å². The molecule has 0 aromatic carbocycles. The molecule has 3 aromatic rings. The van der Waals surface area contributed by atoms with Gasteiger partial charge in [-0.1, -0.05) is 11.8 Å². The second kappa shape index (κ2) is 7.32. The molecular formula is C18H17N3O4S2. The highest BCUT2D eigenvalue weighted by molar-refractivity contribution is 8.02. The van der Waals surface area contributed by atoms with Crippen LogP contribution in [0.25, 0.3) is 16.3 Å². The van der Waals surface area contributed by atoms with E-state index in [-0.39, 0.29) is 11.4 Å². The summed E-state index contributed by atoms with van der Waals surface area (Å²) in [5.41, 5.74) is 1.21. The van der Waals surface area contributed by atoms with Gasteiger partial charge in [0.15, 0.2) is 5.16 Å². The number of thioether (sulfide) groups is 1. The molecule has 0 aliphatic heterocycles. The second-order valence-electron chi connectivity index (χ2n) is 6.19. The number of aryl methyl sites for hydroxylation is 2. The summed E-state index contributed by atoms with van der Waals surface area (Å²) in [4.78, 5) is 30.0. The summed E-state index contributed by atoms with van der Waals surface area (Å²) < 4.78 is 6.79. The van der Waals surface area contributed by atoms with Crippen molar-refractivity contribution >= 4 is 45.3 Å². The lowest BCUT2D eigenvalue weighted by atomic mass is 9.97. The minimum absolute atomic E-state index is 0.0198. The highest BCUT2D eigenvalue weighted by Crippen LogP contribution is 2.34. The third-order valence-electron chi connectivity index (χ3n) is 4.55. The van der Waals surface area contributed by atoms with E-state index < -0.39 is 4.92 Å². The first-order valence-electron chi connectivity index (χ1n) is 8.71. The lowest BCUT2D eigenvalue weighted by Crippen LogP contribution is -2.22. The number of nitrogens with zero attached hydrogens (tertiary/aromatic N) is 3. The van der Waals surface area contributed by atoms with Crippen molar-refractivity contribution in [3.05, 3.63) is 54.2 Å². The fourth-order valence-electron chi connectivity index (χ4n) is 3.28. The van der Waals surface area contributed by atoms with Crippen LogP contribution >= 0.6 is 23.1 Å². The zero-order valence-electron chi connectivity index (χ0n) is 14.6. The van der Waals surface area contributed by atoms with Crippen molar-refractivity contribution in [2.24, 2.45) is 0 Å². The summed E-state index contributed by atoms with van der Waals surface area (Å²) in [7, 11) is 0. The third kappa shape index (κ3) is 3.32. The van der Waals surface area contributed by atoms with Crippen LogP contribution < -0.4 is 5.56 Å². The molecular weight excluding hydrogens is 386 g/mol. The number of thiophene rings is 1. The van der Waals surface area contributed by atoms with Crippen molar-refractivity contribution < 1.29 is 9.34 Å². The number of fused-ring (bicyclic) bond motifs is 3. The van der Waals surface area contributed by atoms with Crippen LogP contribution in [0.5, 0.6) is 0 Å². The number of furan rings is 1. The molecule has 0 saturated heterocycles. The van der Waals surface area contributed by atoms with Gasteiger partial charge in [-0.05, 0) is 55.7 Å². The average Bonchev–Trinajstić information content (AvgIpc) is 3.26. The Bertz CT molecular complexity index is 1110. The van der Waals surface area contributed by atoms with Crippen molar-refractivity contribution in [1.82, 2.24) is 9.55 Å². The maximum atomic E-state index is 13.0. The highest BCUT2D eigenvalue weighted by atomic mass is 32.2. The smallest absolute Gasteiger partial charge is 0.401 e. The van der Waals surface area contributed by atoms with Gasteiger partial charge in [0.25, 0.3) is 5.56 Å². The minimum atomic E-state index is -0.576. The standard InChI is InChI=1S/C18H17N3O4S2/c1-2-20-17(22)15-12-5-3-4-6-13(12)27-16(15)19-18(20)26-10-9-11-7-8-14(25-11)21(23)24/h7-10H,2-6H2,1H3/b10-9+. The Hall–Kier alpha value is -2.39. The third-order valence-corrected chi connectivity index (χ3v) is 6.53. The molecule has 7 nitrogen and oxygen atoms in total. The van der Waals surface area contributed by atoms with Gasteiger partial charge in [0.05, 0.1) is 11.5 Å². The fourth-order valence-corrected chi connectivity index (χ4v) is 5.40. The molecule has 0 saturated carbocycles. The normalized spacial score (nSPS) is 14.1. The molecule has 1 aliphatic carbocycles. The monoisotopic (exact) mass is 403 g/mol. The lowest BCUT2D eigenvalue weighted by molar-refractivity contribution is -0.402. The quantitative estimate of drug-likeness (QED) is 0.267. The molecule has 4 rings (SSSR count). The molecule has 0 fully saturated rings. The second-order valence-corrected chi connectivity index (χ2v) is 8.15. The number of aromatic nitrogens is 2. The molecule has 0 spiro atoms. The predicted octanol–water partition coefficient (Wildman–Crippen LogP) is 4.62. The molecule has 3 aromatic heterocycles. The van der Waals surface area contributed by atoms with Crippen molar-refractivity contribution in [2.45, 2.75) is 44.3 Å². The predicted molar refractivity (Wildman–Crippen MR) is 106 cm³/mol. The van der Waals surface area contributed by atoms with Crippen molar-refractivity contribution in [2.75, 3.05) is 0 Å². The van der Waals surface area contributed by atoms with Gasteiger partial charge in [-0.15, -0.1) is 11.3 Å². The number of nitro groups is 1. The Kier molecular flexibility index (Phi) is 4.88. The first kappa shape index (κ1) is 18.0. The molecule has 0 amide bonds. The largest absolute Gasteiger partial charge is 0.433 e. The first-order valence-corrected chi connectivity index (χ1v) is 10.4. The molecule has 27 heavy (non-hydrogen) atoms. The number of rotatable bonds is 5. The lowest BCUT2D eigenvalue weighted by Gasteiger charge is -2.11. The SMILES string of the molecule is CCn1c(S/C=C/c2ccc([N+](=O)[O-])o2)nc2sc3c(c2c1=O)CCCC3. The molecule has 9 heteroatoms. The van der Waals surface area contributed by atoms with E-state index in [2.05, 4.69) is 0 Å². The van der Waals surface area contributed by atoms with Gasteiger partial charge in [-0.2, -0.15) is 0 Å². The van der Waals surface area contributed by atoms with Gasteiger partial charge in [-0.25, -0.2) is 4.98 Å². The van der Waals surface area contributed by atoms with Gasteiger partial charge in [0, 0.05) is 11.4 Å². The van der Waals surface area contributed by atoms with Crippen molar-refractivity contribution in [3.8, 4) is 0 Å². The average molecular weight is 403 g/mol. The van der Waals surface area contributed by atoms with E-state index in [9.17, 15) is 14.9 Å². The number of hydrogen-bond acceptors (Lipinski definition) is 7. The Morgan fingerprint density at radius 1 is 1.41 bits per heavy atom. The summed E-state index contributed by atoms with van der Waals surface area (Å²) >= 11 is 2.94. The van der Waals surface area contributed by atoms with Crippen LogP contribution in [0.3, 0.4) is 0 Å². The summed E-state index contributed by atoms with van der Waals surface area (Å²) in [6, 6.07) is 2.85. The maximum Gasteiger partial charge on any atom is 0.433 e. The number of hydrogen-bond donors (Lipinski definition) is 0. The molecule has 140 valence electrons. The molecule has 0 bridgehead atoms. The van der Waals surface area contributed by atoms with Crippen molar-refractivity contribution in [3.63, 3.8) is 0 Å². The molecule has 0 N–H and O–H groups in total. The van der Waals surface area contributed by atoms with Gasteiger partial charge in [0.2, 0.25) is 0 Å². The van der Waals surface area contributed by atoms with Crippen LogP contribution in [0, 0.1) is 10.1 Å². The fraction of sp³-hybridized carbons (Fsp3) is 0.333. The molecule has 0 atom stereocenters. The van der Waals surface area contributed by atoms with Crippen LogP contribution in [-0.4, -0.2) is 14.5 Å². The van der Waals surface area contributed by atoms with Crippen LogP contribution in [0.1, 0.15) is 36.0 Å². The topological polar surface area (TPSA) is 91.2 Å². The first-order chi connectivity index (χ1) is 13.1. The van der Waals surface area contributed by atoms with Crippen LogP contribution in [-0.2, 0) is 19.4 Å². The molecule has 1 aliphatic rings. The summed E-state index contributed by atoms with van der Waals surface area (Å²) in [5.74, 6) is 0.0843. The van der Waals surface area contributed by atoms with Gasteiger partial charge in [-0.3, -0.25) is 19.5 Å². The van der Waals surface area contributed by atoms with Crippen LogP contribution in [0.4, 0.5) is 5.88 Å². The Morgan fingerprint density at radius 2 is 2.22 bits per heavy atom. The van der Waals surface area contributed by atoms with Crippen molar-refractivity contribution in [1.29, 1.82) is 0 Å². The van der Waals surface area contributed by atoms with Crippen LogP contribution in [0.2, 0.25) is 0 Å². The minimum Gasteiger partial charge on any atom is -0.401 e. The highest BCUT2D eigenvalue weighted by Gasteiger charge is 2.21. The summed E-state index contributed by atoms with van der Waals surface area (Å²) in [6.45, 7) is 2.46. The molecule has 0 unspecified atom stereocenters. The van der Waals surface area contributed by atoms with E-state index in [4.69, 9.17) is 9.40 Å². The Balaban J connectivity index is 1.67. The van der Waals surface area contributed by atoms with E-state index in [0.717, 1.165) is 29.5 Å². The Labute approximate surface area is 162 Å². The summed E-state index contributed by atoms with van der Waals surface area (Å²) in [6.07, 6.45) is 5.91. The zero-order valence-corrected chi connectivity index (χ0v) is 16.3. The van der Waals surface area contributed by atoms with E-state index in [1.807, 2.05) is 6.92 Å². The maximum absolute atomic E-state index is 13.0. The van der Waals surface area contributed by atoms with Gasteiger partial charge < -0.3 is 4.42 Å². The van der Waals surface area contributed by atoms with Gasteiger partial charge >= 0.3 is 5.88 Å². The van der Waals surface area contributed by atoms with Crippen LogP contribution in [0.15, 0.2) is 31.9 Å². The van der Waals surface area contributed by atoms with E-state index in [1.54, 1.807) is 27.4 Å². The molecule has 0 radical (unpaired) electrons.